The molecule has 0 N–H and O–H groups in total. The maximum absolute atomic E-state index is 4.93. The normalized spacial score (nSPS) is 11.6. The largest absolute Gasteiger partial charge is 0.309 e. The predicted molar refractivity (Wildman–Crippen MR) is 418 cm³/mol. The minimum absolute atomic E-state index is 1.00. The number of fused-ring (bicyclic) bond motifs is 12. The molecular weight excluding hydrogens is 1210 g/mol. The van der Waals surface area contributed by atoms with Crippen molar-refractivity contribution in [2.45, 2.75) is 0 Å². The highest BCUT2D eigenvalue weighted by molar-refractivity contribution is 6.19. The lowest BCUT2D eigenvalue weighted by Crippen LogP contribution is -1.94. The summed E-state index contributed by atoms with van der Waals surface area (Å²) in [4.78, 5) is 9.85. The SMILES string of the molecule is c1ccc(-c2ccc(-n3c4ccc(-c5cccc6c5c5ccccc5n6-c5ccc(-c6ccccc6)cc5)cc4c4ncccc43)cc2)cc1.c1ccc(-c2ccc(-n3c4ccccc4c4c(-c5ccc6c(c5)c5ncccc5n6-c5cccc(-c6ccccc6)c5)cccc43)cc2)cc1. The van der Waals surface area contributed by atoms with Gasteiger partial charge in [0.15, 0.2) is 0 Å². The van der Waals surface area contributed by atoms with Crippen molar-refractivity contribution in [1.82, 2.24) is 28.2 Å². The van der Waals surface area contributed by atoms with Crippen LogP contribution in [-0.4, -0.2) is 28.2 Å². The van der Waals surface area contributed by atoms with Crippen LogP contribution in [-0.2, 0) is 0 Å². The summed E-state index contributed by atoms with van der Waals surface area (Å²) in [6.07, 6.45) is 3.80. The summed E-state index contributed by atoms with van der Waals surface area (Å²) in [5.74, 6) is 0. The molecule has 6 nitrogen and oxygen atoms in total. The Labute approximate surface area is 578 Å². The Kier molecular flexibility index (Phi) is 14.1. The Bertz CT molecular complexity index is 6460. The molecule has 20 rings (SSSR count). The maximum Gasteiger partial charge on any atom is 0.0963 e. The van der Waals surface area contributed by atoms with E-state index in [4.69, 9.17) is 9.97 Å². The third-order valence-corrected chi connectivity index (χ3v) is 20.0. The molecule has 6 aromatic heterocycles. The van der Waals surface area contributed by atoms with Gasteiger partial charge in [-0.05, 0) is 188 Å². The van der Waals surface area contributed by atoms with E-state index in [0.29, 0.717) is 0 Å². The summed E-state index contributed by atoms with van der Waals surface area (Å²) >= 11 is 0. The standard InChI is InChI=1S/2C47H31N3/c1-3-12-32(13-4-1)34-23-26-37(27-24-34)49-42-20-8-7-18-40(42)46-39(19-10-21-44(46)49)36-25-28-43-41(31-36)47-45(22-11-29-48-47)50(43)38-17-9-16-35(30-38)33-14-5-2-6-15-33;1-3-11-32(12-4-1)34-20-25-37(26-21-34)49-42-17-8-7-15-40(42)46-39(16-9-18-44(46)49)36-24-29-43-41(31-36)47-45(19-10-30-48-47)50(43)38-27-22-35(23-28-38)33-13-5-2-6-14-33/h2*1-31H. The fraction of sp³-hybridized carbons (Fsp3) is 0. The average Bonchev–Trinajstić information content (AvgIpc) is 1.58. The highest BCUT2D eigenvalue weighted by Crippen LogP contribution is 2.44. The van der Waals surface area contributed by atoms with Gasteiger partial charge in [-0.25, -0.2) is 0 Å². The van der Waals surface area contributed by atoms with Crippen LogP contribution in [0.5, 0.6) is 0 Å². The van der Waals surface area contributed by atoms with Crippen molar-refractivity contribution < 1.29 is 0 Å². The van der Waals surface area contributed by atoms with E-state index in [9.17, 15) is 0 Å². The van der Waals surface area contributed by atoms with Crippen molar-refractivity contribution in [2.75, 3.05) is 0 Å². The molecule has 0 aliphatic rings. The van der Waals surface area contributed by atoms with Crippen LogP contribution in [0.4, 0.5) is 0 Å². The molecule has 0 aliphatic carbocycles. The fourth-order valence-electron chi connectivity index (χ4n) is 15.4. The molecule has 468 valence electrons. The van der Waals surface area contributed by atoms with Crippen LogP contribution in [0.25, 0.3) is 177 Å². The molecule has 0 spiro atoms. The molecule has 0 bridgehead atoms. The molecule has 0 saturated heterocycles. The van der Waals surface area contributed by atoms with Gasteiger partial charge in [0, 0.05) is 67.5 Å². The third kappa shape index (κ3) is 9.88. The first-order valence-electron chi connectivity index (χ1n) is 34.1. The van der Waals surface area contributed by atoms with Crippen molar-refractivity contribution >= 4 is 87.5 Å². The first-order valence-corrected chi connectivity index (χ1v) is 34.1. The number of rotatable bonds is 10. The molecule has 20 aromatic rings. The van der Waals surface area contributed by atoms with Crippen LogP contribution in [0.3, 0.4) is 0 Å². The van der Waals surface area contributed by atoms with Crippen molar-refractivity contribution in [3.05, 3.63) is 376 Å². The maximum atomic E-state index is 4.93. The fourth-order valence-corrected chi connectivity index (χ4v) is 15.4. The summed E-state index contributed by atoms with van der Waals surface area (Å²) in [7, 11) is 0. The third-order valence-electron chi connectivity index (χ3n) is 20.0. The minimum Gasteiger partial charge on any atom is -0.309 e. The van der Waals surface area contributed by atoms with Crippen LogP contribution in [0.2, 0.25) is 0 Å². The lowest BCUT2D eigenvalue weighted by molar-refractivity contribution is 1.18. The zero-order valence-corrected chi connectivity index (χ0v) is 54.5. The van der Waals surface area contributed by atoms with Gasteiger partial charge in [-0.15, -0.1) is 0 Å². The number of pyridine rings is 2. The van der Waals surface area contributed by atoms with Crippen LogP contribution in [0.15, 0.2) is 376 Å². The van der Waals surface area contributed by atoms with Crippen LogP contribution in [0, 0.1) is 0 Å². The number of aromatic nitrogens is 6. The van der Waals surface area contributed by atoms with E-state index in [2.05, 4.69) is 370 Å². The van der Waals surface area contributed by atoms with Gasteiger partial charge in [-0.2, -0.15) is 0 Å². The molecular formula is C94H62N6. The monoisotopic (exact) mass is 1270 g/mol. The molecule has 0 saturated carbocycles. The lowest BCUT2D eigenvalue weighted by atomic mass is 9.98. The van der Waals surface area contributed by atoms with Gasteiger partial charge in [-0.3, -0.25) is 9.97 Å². The number of hydrogen-bond donors (Lipinski definition) is 0. The Morgan fingerprint density at radius 2 is 0.470 bits per heavy atom. The molecule has 0 amide bonds. The van der Waals surface area contributed by atoms with E-state index in [1.807, 2.05) is 24.5 Å². The molecule has 6 heteroatoms. The van der Waals surface area contributed by atoms with Crippen molar-refractivity contribution in [3.63, 3.8) is 0 Å². The number of para-hydroxylation sites is 2. The van der Waals surface area contributed by atoms with E-state index < -0.39 is 0 Å². The highest BCUT2D eigenvalue weighted by Gasteiger charge is 2.22. The molecule has 0 fully saturated rings. The number of hydrogen-bond acceptors (Lipinski definition) is 2. The van der Waals surface area contributed by atoms with Crippen LogP contribution in [0.1, 0.15) is 0 Å². The lowest BCUT2D eigenvalue weighted by Gasteiger charge is -2.11. The van der Waals surface area contributed by atoms with E-state index in [-0.39, 0.29) is 0 Å². The summed E-state index contributed by atoms with van der Waals surface area (Å²) in [5.41, 5.74) is 30.2. The summed E-state index contributed by atoms with van der Waals surface area (Å²) in [6, 6.07) is 131. The van der Waals surface area contributed by atoms with Gasteiger partial charge < -0.3 is 18.3 Å². The Balaban J connectivity index is 0.000000139. The van der Waals surface area contributed by atoms with Gasteiger partial charge in [0.1, 0.15) is 0 Å². The topological polar surface area (TPSA) is 45.5 Å². The van der Waals surface area contributed by atoms with E-state index in [1.165, 1.54) is 110 Å². The quantitative estimate of drug-likeness (QED) is 0.137. The highest BCUT2D eigenvalue weighted by atomic mass is 15.0. The first-order chi connectivity index (χ1) is 49.6. The van der Waals surface area contributed by atoms with Gasteiger partial charge in [0.05, 0.1) is 55.2 Å². The zero-order valence-electron chi connectivity index (χ0n) is 54.5. The van der Waals surface area contributed by atoms with Crippen LogP contribution < -0.4 is 0 Å². The predicted octanol–water partition coefficient (Wildman–Crippen LogP) is 24.6. The second-order valence-electron chi connectivity index (χ2n) is 25.6. The number of nitrogens with zero attached hydrogens (tertiary/aromatic N) is 6. The molecule has 0 atom stereocenters. The number of benzene rings is 14. The van der Waals surface area contributed by atoms with E-state index >= 15 is 0 Å². The van der Waals surface area contributed by atoms with Gasteiger partial charge >= 0.3 is 0 Å². The van der Waals surface area contributed by atoms with Crippen molar-refractivity contribution in [2.24, 2.45) is 0 Å². The van der Waals surface area contributed by atoms with Crippen molar-refractivity contribution in [1.29, 1.82) is 0 Å². The van der Waals surface area contributed by atoms with E-state index in [1.54, 1.807) is 0 Å². The van der Waals surface area contributed by atoms with Gasteiger partial charge in [0.2, 0.25) is 0 Å². The minimum atomic E-state index is 1.00. The van der Waals surface area contributed by atoms with E-state index in [0.717, 1.165) is 66.6 Å². The Morgan fingerprint density at radius 1 is 0.170 bits per heavy atom. The van der Waals surface area contributed by atoms with Gasteiger partial charge in [-0.1, -0.05) is 243 Å². The summed E-state index contributed by atoms with van der Waals surface area (Å²) in [6.45, 7) is 0. The molecule has 0 unspecified atom stereocenters. The second-order valence-corrected chi connectivity index (χ2v) is 25.6. The molecule has 6 heterocycles. The first kappa shape index (κ1) is 58.0. The van der Waals surface area contributed by atoms with Crippen LogP contribution >= 0.6 is 0 Å². The average molecular weight is 1280 g/mol. The summed E-state index contributed by atoms with van der Waals surface area (Å²) < 4.78 is 9.48. The Morgan fingerprint density at radius 3 is 0.890 bits per heavy atom. The van der Waals surface area contributed by atoms with Gasteiger partial charge in [0.25, 0.3) is 0 Å². The molecule has 100 heavy (non-hydrogen) atoms. The summed E-state index contributed by atoms with van der Waals surface area (Å²) in [5, 5.41) is 7.26. The second kappa shape index (κ2) is 24.3. The molecule has 14 aromatic carbocycles. The smallest absolute Gasteiger partial charge is 0.0963 e. The molecule has 0 radical (unpaired) electrons. The molecule has 0 aliphatic heterocycles. The Hall–Kier alpha value is -13.4. The zero-order chi connectivity index (χ0) is 66.0. The van der Waals surface area contributed by atoms with Crippen molar-refractivity contribution in [3.8, 4) is 89.5 Å².